The molecule has 3 N–H and O–H groups in total. The lowest BCUT2D eigenvalue weighted by molar-refractivity contribution is 1.10. The number of anilines is 2. The Labute approximate surface area is 100 Å². The fraction of sp³-hybridized carbons (Fsp3) is 0.100. The van der Waals surface area contributed by atoms with Crippen LogP contribution in [0.15, 0.2) is 34.9 Å². The molecule has 0 spiro atoms. The Kier molecular flexibility index (Phi) is 3.35. The van der Waals surface area contributed by atoms with Crippen LogP contribution < -0.4 is 11.1 Å². The molecule has 0 aliphatic carbocycles. The molecule has 0 unspecified atom stereocenters. The van der Waals surface area contributed by atoms with E-state index in [9.17, 15) is 0 Å². The predicted octanol–water partition coefficient (Wildman–Crippen LogP) is 3.11. The number of hydrogen-bond donors (Lipinski definition) is 2. The van der Waals surface area contributed by atoms with Crippen LogP contribution in [0, 0.1) is 0 Å². The summed E-state index contributed by atoms with van der Waals surface area (Å²) in [5.41, 5.74) is 6.54. The van der Waals surface area contributed by atoms with E-state index in [4.69, 9.17) is 5.73 Å². The van der Waals surface area contributed by atoms with Crippen molar-refractivity contribution in [2.24, 2.45) is 5.73 Å². The molecule has 5 heteroatoms. The van der Waals surface area contributed by atoms with E-state index in [-0.39, 0.29) is 0 Å². The van der Waals surface area contributed by atoms with Gasteiger partial charge in [0.05, 0.1) is 0 Å². The summed E-state index contributed by atoms with van der Waals surface area (Å²) < 4.78 is 1.06. The molecule has 2 rings (SSSR count). The van der Waals surface area contributed by atoms with Crippen molar-refractivity contribution in [2.75, 3.05) is 5.32 Å². The Hall–Kier alpha value is -0.910. The molecule has 0 bridgehead atoms. The molecule has 0 atom stereocenters. The van der Waals surface area contributed by atoms with Gasteiger partial charge in [0.2, 0.25) is 0 Å². The van der Waals surface area contributed by atoms with E-state index >= 15 is 0 Å². The second kappa shape index (κ2) is 4.74. The zero-order valence-electron chi connectivity index (χ0n) is 7.90. The van der Waals surface area contributed by atoms with E-state index in [1.165, 1.54) is 0 Å². The van der Waals surface area contributed by atoms with Gasteiger partial charge in [-0.25, -0.2) is 4.98 Å². The van der Waals surface area contributed by atoms with Gasteiger partial charge in [0.15, 0.2) is 5.13 Å². The van der Waals surface area contributed by atoms with E-state index < -0.39 is 0 Å². The van der Waals surface area contributed by atoms with Crippen LogP contribution in [0.4, 0.5) is 10.8 Å². The van der Waals surface area contributed by atoms with Gasteiger partial charge in [0.25, 0.3) is 0 Å². The number of halogens is 1. The Morgan fingerprint density at radius 2 is 2.07 bits per heavy atom. The molecule has 1 aromatic carbocycles. The molecule has 0 fully saturated rings. The highest BCUT2D eigenvalue weighted by Gasteiger charge is 2.00. The van der Waals surface area contributed by atoms with Crippen molar-refractivity contribution in [1.82, 2.24) is 4.98 Å². The highest BCUT2D eigenvalue weighted by Crippen LogP contribution is 2.23. The van der Waals surface area contributed by atoms with Crippen LogP contribution in [-0.4, -0.2) is 4.98 Å². The zero-order chi connectivity index (χ0) is 10.7. The highest BCUT2D eigenvalue weighted by atomic mass is 79.9. The molecule has 78 valence electrons. The number of rotatable bonds is 3. The number of thiazole rings is 1. The molecule has 0 saturated carbocycles. The molecule has 0 saturated heterocycles. The summed E-state index contributed by atoms with van der Waals surface area (Å²) in [6, 6.07) is 7.96. The Balaban J connectivity index is 2.11. The monoisotopic (exact) mass is 283 g/mol. The standard InChI is InChI=1S/C10H10BrN3S/c11-7-1-3-8(4-2-7)14-10-13-6-9(5-12)15-10/h1-4,6H,5,12H2,(H,13,14). The molecule has 3 nitrogen and oxygen atoms in total. The Morgan fingerprint density at radius 3 is 2.67 bits per heavy atom. The second-order valence-electron chi connectivity index (χ2n) is 2.97. The van der Waals surface area contributed by atoms with Gasteiger partial charge >= 0.3 is 0 Å². The summed E-state index contributed by atoms with van der Waals surface area (Å²) in [6.45, 7) is 0.541. The minimum Gasteiger partial charge on any atom is -0.332 e. The summed E-state index contributed by atoms with van der Waals surface area (Å²) >= 11 is 4.96. The van der Waals surface area contributed by atoms with Crippen LogP contribution in [0.2, 0.25) is 0 Å². The van der Waals surface area contributed by atoms with Crippen molar-refractivity contribution in [2.45, 2.75) is 6.54 Å². The van der Waals surface area contributed by atoms with Gasteiger partial charge < -0.3 is 11.1 Å². The molecule has 1 aromatic heterocycles. The quantitative estimate of drug-likeness (QED) is 0.910. The molecule has 1 heterocycles. The number of nitrogens with one attached hydrogen (secondary N) is 1. The summed E-state index contributed by atoms with van der Waals surface area (Å²) in [5, 5.41) is 4.09. The SMILES string of the molecule is NCc1cnc(Nc2ccc(Br)cc2)s1. The van der Waals surface area contributed by atoms with Crippen LogP contribution in [0.3, 0.4) is 0 Å². The maximum Gasteiger partial charge on any atom is 0.187 e. The van der Waals surface area contributed by atoms with Gasteiger partial charge in [-0.15, -0.1) is 11.3 Å². The molecule has 0 aliphatic heterocycles. The maximum absolute atomic E-state index is 5.51. The third kappa shape index (κ3) is 2.77. The zero-order valence-corrected chi connectivity index (χ0v) is 10.3. The first kappa shape index (κ1) is 10.6. The average molecular weight is 284 g/mol. The Morgan fingerprint density at radius 1 is 1.33 bits per heavy atom. The van der Waals surface area contributed by atoms with Crippen molar-refractivity contribution in [3.05, 3.63) is 39.8 Å². The minimum atomic E-state index is 0.541. The number of nitrogens with two attached hydrogens (primary N) is 1. The van der Waals surface area contributed by atoms with Gasteiger partial charge in [-0.05, 0) is 24.3 Å². The molecule has 0 aliphatic rings. The minimum absolute atomic E-state index is 0.541. The first-order valence-corrected chi connectivity index (χ1v) is 6.06. The van der Waals surface area contributed by atoms with E-state index in [2.05, 4.69) is 26.2 Å². The van der Waals surface area contributed by atoms with Gasteiger partial charge in [-0.2, -0.15) is 0 Å². The van der Waals surface area contributed by atoms with Crippen molar-refractivity contribution >= 4 is 38.1 Å². The number of hydrogen-bond acceptors (Lipinski definition) is 4. The van der Waals surface area contributed by atoms with Gasteiger partial charge in [0.1, 0.15) is 0 Å². The van der Waals surface area contributed by atoms with Crippen LogP contribution in [-0.2, 0) is 6.54 Å². The van der Waals surface area contributed by atoms with E-state index in [1.807, 2.05) is 24.3 Å². The summed E-state index contributed by atoms with van der Waals surface area (Å²) in [7, 11) is 0. The number of aromatic nitrogens is 1. The maximum atomic E-state index is 5.51. The first-order valence-electron chi connectivity index (χ1n) is 4.45. The molecule has 2 aromatic rings. The fourth-order valence-electron chi connectivity index (χ4n) is 1.12. The van der Waals surface area contributed by atoms with E-state index in [0.29, 0.717) is 6.54 Å². The highest BCUT2D eigenvalue weighted by molar-refractivity contribution is 9.10. The first-order chi connectivity index (χ1) is 7.28. The predicted molar refractivity (Wildman–Crippen MR) is 67.4 cm³/mol. The average Bonchev–Trinajstić information content (AvgIpc) is 2.69. The van der Waals surface area contributed by atoms with Gasteiger partial charge in [0, 0.05) is 27.8 Å². The van der Waals surface area contributed by atoms with Crippen LogP contribution in [0.25, 0.3) is 0 Å². The summed E-state index contributed by atoms with van der Waals surface area (Å²) in [5.74, 6) is 0. The van der Waals surface area contributed by atoms with Crippen molar-refractivity contribution in [1.29, 1.82) is 0 Å². The van der Waals surface area contributed by atoms with Crippen LogP contribution in [0.1, 0.15) is 4.88 Å². The molecule has 0 amide bonds. The van der Waals surface area contributed by atoms with Crippen LogP contribution >= 0.6 is 27.3 Å². The number of nitrogens with zero attached hydrogens (tertiary/aromatic N) is 1. The lowest BCUT2D eigenvalue weighted by Crippen LogP contribution is -1.91. The molecule has 15 heavy (non-hydrogen) atoms. The third-order valence-electron chi connectivity index (χ3n) is 1.85. The lowest BCUT2D eigenvalue weighted by atomic mass is 10.3. The third-order valence-corrected chi connectivity index (χ3v) is 3.31. The summed E-state index contributed by atoms with van der Waals surface area (Å²) in [6.07, 6.45) is 1.80. The van der Waals surface area contributed by atoms with Gasteiger partial charge in [-0.3, -0.25) is 0 Å². The molecule has 0 radical (unpaired) electrons. The van der Waals surface area contributed by atoms with Crippen molar-refractivity contribution < 1.29 is 0 Å². The fourth-order valence-corrected chi connectivity index (χ4v) is 2.09. The van der Waals surface area contributed by atoms with Crippen LogP contribution in [0.5, 0.6) is 0 Å². The smallest absolute Gasteiger partial charge is 0.187 e. The normalized spacial score (nSPS) is 10.3. The largest absolute Gasteiger partial charge is 0.332 e. The lowest BCUT2D eigenvalue weighted by Gasteiger charge is -2.01. The summed E-state index contributed by atoms with van der Waals surface area (Å²) in [4.78, 5) is 5.30. The molecular formula is C10H10BrN3S. The van der Waals surface area contributed by atoms with Crippen molar-refractivity contribution in [3.63, 3.8) is 0 Å². The van der Waals surface area contributed by atoms with Gasteiger partial charge in [-0.1, -0.05) is 15.9 Å². The number of benzene rings is 1. The molecular weight excluding hydrogens is 274 g/mol. The Bertz CT molecular complexity index is 438. The topological polar surface area (TPSA) is 50.9 Å². The van der Waals surface area contributed by atoms with E-state index in [1.54, 1.807) is 17.5 Å². The van der Waals surface area contributed by atoms with Crippen molar-refractivity contribution in [3.8, 4) is 0 Å². The van der Waals surface area contributed by atoms with E-state index in [0.717, 1.165) is 20.2 Å². The second-order valence-corrected chi connectivity index (χ2v) is 5.00.